The lowest BCUT2D eigenvalue weighted by atomic mass is 10.1. The van der Waals surface area contributed by atoms with Gasteiger partial charge in [0, 0.05) is 20.5 Å². The highest BCUT2D eigenvalue weighted by Crippen LogP contribution is 2.34. The highest BCUT2D eigenvalue weighted by atomic mass is 127. The Labute approximate surface area is 132 Å². The van der Waals surface area contributed by atoms with Gasteiger partial charge in [0.2, 0.25) is 0 Å². The average Bonchev–Trinajstić information content (AvgIpc) is 2.37. The molecule has 0 saturated carbocycles. The van der Waals surface area contributed by atoms with Crippen LogP contribution in [0.5, 0.6) is 0 Å². The van der Waals surface area contributed by atoms with E-state index in [0.29, 0.717) is 5.69 Å². The Balaban J connectivity index is 2.28. The number of hydrogen-bond acceptors (Lipinski definition) is 2. The van der Waals surface area contributed by atoms with Crippen molar-refractivity contribution in [2.24, 2.45) is 0 Å². The van der Waals surface area contributed by atoms with Gasteiger partial charge in [-0.05, 0) is 59.0 Å². The van der Waals surface area contributed by atoms with Crippen LogP contribution in [0.15, 0.2) is 42.5 Å². The van der Waals surface area contributed by atoms with E-state index in [9.17, 15) is 18.0 Å². The maximum absolute atomic E-state index is 12.8. The first-order valence-corrected chi connectivity index (χ1v) is 6.89. The Hall–Kier alpha value is -1.77. The molecule has 0 aliphatic heterocycles. The maximum Gasteiger partial charge on any atom is 0.418 e. The minimum absolute atomic E-state index is 0.101. The molecule has 0 bridgehead atoms. The number of amides is 1. The van der Waals surface area contributed by atoms with E-state index in [1.54, 1.807) is 18.2 Å². The number of nitrogens with one attached hydrogen (secondary N) is 1. The third-order valence-electron chi connectivity index (χ3n) is 2.70. The van der Waals surface area contributed by atoms with Crippen LogP contribution in [0, 0.1) is 3.57 Å². The second-order valence-corrected chi connectivity index (χ2v) is 5.51. The van der Waals surface area contributed by atoms with Crippen molar-refractivity contribution in [1.29, 1.82) is 0 Å². The molecule has 3 N–H and O–H groups in total. The van der Waals surface area contributed by atoms with Crippen LogP contribution in [0.3, 0.4) is 0 Å². The standard InChI is InChI=1S/C14H10F3IN2O/c15-14(16,17)11-6-8(4-5-12(11)19)13(21)20-10-3-1-2-9(18)7-10/h1-7H,19H2,(H,20,21). The Bertz CT molecular complexity index is 686. The predicted octanol–water partition coefficient (Wildman–Crippen LogP) is 4.14. The van der Waals surface area contributed by atoms with E-state index in [0.717, 1.165) is 15.7 Å². The van der Waals surface area contributed by atoms with E-state index in [2.05, 4.69) is 27.9 Å². The van der Waals surface area contributed by atoms with Crippen LogP contribution in [0.4, 0.5) is 24.5 Å². The first-order valence-electron chi connectivity index (χ1n) is 5.81. The molecule has 0 atom stereocenters. The van der Waals surface area contributed by atoms with Crippen molar-refractivity contribution in [1.82, 2.24) is 0 Å². The first-order chi connectivity index (χ1) is 9.77. The van der Waals surface area contributed by atoms with Gasteiger partial charge < -0.3 is 11.1 Å². The highest BCUT2D eigenvalue weighted by molar-refractivity contribution is 14.1. The molecule has 0 aliphatic carbocycles. The van der Waals surface area contributed by atoms with Gasteiger partial charge in [0.15, 0.2) is 0 Å². The normalized spacial score (nSPS) is 11.2. The number of anilines is 2. The fourth-order valence-corrected chi connectivity index (χ4v) is 2.26. The molecule has 7 heteroatoms. The summed E-state index contributed by atoms with van der Waals surface area (Å²) in [5.74, 6) is -0.623. The SMILES string of the molecule is Nc1ccc(C(=O)Nc2cccc(I)c2)cc1C(F)(F)F. The number of carbonyl (C=O) groups excluding carboxylic acids is 1. The van der Waals surface area contributed by atoms with Crippen molar-refractivity contribution in [3.8, 4) is 0 Å². The molecule has 0 unspecified atom stereocenters. The molecular formula is C14H10F3IN2O. The zero-order valence-electron chi connectivity index (χ0n) is 10.5. The number of hydrogen-bond donors (Lipinski definition) is 2. The summed E-state index contributed by atoms with van der Waals surface area (Å²) in [5.41, 5.74) is 4.28. The topological polar surface area (TPSA) is 55.1 Å². The Morgan fingerprint density at radius 2 is 1.86 bits per heavy atom. The van der Waals surface area contributed by atoms with Gasteiger partial charge in [0.25, 0.3) is 5.91 Å². The zero-order chi connectivity index (χ0) is 15.6. The van der Waals surface area contributed by atoms with Crippen molar-refractivity contribution in [2.45, 2.75) is 6.18 Å². The van der Waals surface area contributed by atoms with Crippen LogP contribution in [-0.2, 0) is 6.18 Å². The maximum atomic E-state index is 12.8. The van der Waals surface area contributed by atoms with E-state index in [4.69, 9.17) is 5.73 Å². The fraction of sp³-hybridized carbons (Fsp3) is 0.0714. The van der Waals surface area contributed by atoms with Gasteiger partial charge in [0.1, 0.15) is 0 Å². The van der Waals surface area contributed by atoms with Gasteiger partial charge in [-0.15, -0.1) is 0 Å². The minimum Gasteiger partial charge on any atom is -0.398 e. The van der Waals surface area contributed by atoms with Crippen LogP contribution < -0.4 is 11.1 Å². The lowest BCUT2D eigenvalue weighted by molar-refractivity contribution is -0.136. The second-order valence-electron chi connectivity index (χ2n) is 4.26. The first kappa shape index (κ1) is 15.6. The second kappa shape index (κ2) is 5.92. The van der Waals surface area contributed by atoms with E-state index < -0.39 is 23.3 Å². The molecule has 1 amide bonds. The smallest absolute Gasteiger partial charge is 0.398 e. The molecule has 110 valence electrons. The molecule has 0 aromatic heterocycles. The van der Waals surface area contributed by atoms with E-state index in [1.165, 1.54) is 6.07 Å². The third-order valence-corrected chi connectivity index (χ3v) is 3.37. The molecule has 2 rings (SSSR count). The lowest BCUT2D eigenvalue weighted by Crippen LogP contribution is -2.15. The van der Waals surface area contributed by atoms with Crippen molar-refractivity contribution >= 4 is 39.9 Å². The van der Waals surface area contributed by atoms with Gasteiger partial charge >= 0.3 is 6.18 Å². The van der Waals surface area contributed by atoms with Gasteiger partial charge in [-0.25, -0.2) is 0 Å². The van der Waals surface area contributed by atoms with Crippen molar-refractivity contribution in [2.75, 3.05) is 11.1 Å². The summed E-state index contributed by atoms with van der Waals surface area (Å²) >= 11 is 2.07. The molecule has 0 heterocycles. The van der Waals surface area contributed by atoms with Crippen LogP contribution in [-0.4, -0.2) is 5.91 Å². The summed E-state index contributed by atoms with van der Waals surface area (Å²) in [7, 11) is 0. The van der Waals surface area contributed by atoms with Crippen LogP contribution in [0.2, 0.25) is 0 Å². The number of carbonyl (C=O) groups is 1. The van der Waals surface area contributed by atoms with Crippen molar-refractivity contribution < 1.29 is 18.0 Å². The molecule has 0 saturated heterocycles. The van der Waals surface area contributed by atoms with Gasteiger partial charge in [0.05, 0.1) is 5.56 Å². The quantitative estimate of drug-likeness (QED) is 0.582. The number of nitrogen functional groups attached to an aromatic ring is 1. The third kappa shape index (κ3) is 3.87. The summed E-state index contributed by atoms with van der Waals surface area (Å²) in [6.45, 7) is 0. The Morgan fingerprint density at radius 3 is 2.48 bits per heavy atom. The number of halogens is 4. The zero-order valence-corrected chi connectivity index (χ0v) is 12.7. The summed E-state index contributed by atoms with van der Waals surface area (Å²) in [5, 5.41) is 2.55. The van der Waals surface area contributed by atoms with Crippen LogP contribution in [0.25, 0.3) is 0 Å². The Kier molecular flexibility index (Phi) is 4.40. The summed E-state index contributed by atoms with van der Waals surface area (Å²) in [6, 6.07) is 10.0. The van der Waals surface area contributed by atoms with Crippen LogP contribution in [0.1, 0.15) is 15.9 Å². The van der Waals surface area contributed by atoms with Gasteiger partial charge in [-0.1, -0.05) is 6.07 Å². The average molecular weight is 406 g/mol. The van der Waals surface area contributed by atoms with Crippen molar-refractivity contribution in [3.63, 3.8) is 0 Å². The molecule has 0 fully saturated rings. The number of nitrogens with two attached hydrogens (primary N) is 1. The molecule has 2 aromatic carbocycles. The summed E-state index contributed by atoms with van der Waals surface area (Å²) < 4.78 is 39.2. The summed E-state index contributed by atoms with van der Waals surface area (Å²) in [4.78, 5) is 12.0. The minimum atomic E-state index is -4.59. The molecule has 3 nitrogen and oxygen atoms in total. The number of benzene rings is 2. The van der Waals surface area contributed by atoms with Crippen molar-refractivity contribution in [3.05, 3.63) is 57.2 Å². The summed E-state index contributed by atoms with van der Waals surface area (Å²) in [6.07, 6.45) is -4.59. The molecule has 2 aromatic rings. The molecule has 0 radical (unpaired) electrons. The number of alkyl halides is 3. The van der Waals surface area contributed by atoms with Crippen LogP contribution >= 0.6 is 22.6 Å². The van der Waals surface area contributed by atoms with E-state index >= 15 is 0 Å². The van der Waals surface area contributed by atoms with E-state index in [1.807, 2.05) is 6.07 Å². The number of rotatable bonds is 2. The largest absolute Gasteiger partial charge is 0.418 e. The Morgan fingerprint density at radius 1 is 1.14 bits per heavy atom. The van der Waals surface area contributed by atoms with Gasteiger partial charge in [-0.2, -0.15) is 13.2 Å². The lowest BCUT2D eigenvalue weighted by Gasteiger charge is -2.12. The van der Waals surface area contributed by atoms with E-state index in [-0.39, 0.29) is 5.56 Å². The molecule has 0 aliphatic rings. The fourth-order valence-electron chi connectivity index (χ4n) is 1.71. The monoisotopic (exact) mass is 406 g/mol. The molecular weight excluding hydrogens is 396 g/mol. The highest BCUT2D eigenvalue weighted by Gasteiger charge is 2.33. The van der Waals surface area contributed by atoms with Gasteiger partial charge in [-0.3, -0.25) is 4.79 Å². The molecule has 0 spiro atoms. The molecule has 21 heavy (non-hydrogen) atoms. The predicted molar refractivity (Wildman–Crippen MR) is 83.0 cm³/mol.